The van der Waals surface area contributed by atoms with E-state index in [-0.39, 0.29) is 0 Å². The molecule has 0 spiro atoms. The smallest absolute Gasteiger partial charge is 0.117 e. The summed E-state index contributed by atoms with van der Waals surface area (Å²) < 4.78 is 0. The van der Waals surface area contributed by atoms with Gasteiger partial charge in [-0.15, -0.1) is 0 Å². The number of aromatic hydroxyl groups is 1. The standard InChI is InChI=1S/C14H21NO/c1-5-9-15(12(4)6-2)14-10-13(16)8-7-11(14)3/h7-8,10,16H,4-6,9H2,1-3H3. The van der Waals surface area contributed by atoms with Gasteiger partial charge in [-0.3, -0.25) is 0 Å². The van der Waals surface area contributed by atoms with E-state index < -0.39 is 0 Å². The van der Waals surface area contributed by atoms with Crippen molar-refractivity contribution in [1.82, 2.24) is 0 Å². The number of rotatable bonds is 5. The summed E-state index contributed by atoms with van der Waals surface area (Å²) in [5.41, 5.74) is 3.32. The molecule has 1 aromatic carbocycles. The fourth-order valence-corrected chi connectivity index (χ4v) is 1.75. The topological polar surface area (TPSA) is 23.5 Å². The largest absolute Gasteiger partial charge is 0.508 e. The molecule has 0 aliphatic rings. The summed E-state index contributed by atoms with van der Waals surface area (Å²) in [6.07, 6.45) is 1.99. The lowest BCUT2D eigenvalue weighted by Crippen LogP contribution is -2.23. The average Bonchev–Trinajstić information content (AvgIpc) is 2.28. The first-order chi connectivity index (χ1) is 7.60. The van der Waals surface area contributed by atoms with E-state index in [0.717, 1.165) is 30.8 Å². The van der Waals surface area contributed by atoms with Crippen LogP contribution in [0.15, 0.2) is 30.5 Å². The van der Waals surface area contributed by atoms with Crippen LogP contribution >= 0.6 is 0 Å². The summed E-state index contributed by atoms with van der Waals surface area (Å²) in [6, 6.07) is 5.47. The van der Waals surface area contributed by atoms with Gasteiger partial charge in [0.05, 0.1) is 0 Å². The van der Waals surface area contributed by atoms with Crippen molar-refractivity contribution in [3.05, 3.63) is 36.0 Å². The van der Waals surface area contributed by atoms with Crippen molar-refractivity contribution in [2.45, 2.75) is 33.6 Å². The van der Waals surface area contributed by atoms with Crippen LogP contribution < -0.4 is 4.90 Å². The number of aryl methyl sites for hydroxylation is 1. The normalized spacial score (nSPS) is 10.2. The summed E-state index contributed by atoms with van der Waals surface area (Å²) in [4.78, 5) is 2.19. The molecule has 2 heteroatoms. The van der Waals surface area contributed by atoms with Gasteiger partial charge in [-0.05, 0) is 31.4 Å². The molecule has 0 heterocycles. The summed E-state index contributed by atoms with van der Waals surface area (Å²) in [6.45, 7) is 11.3. The number of hydrogen-bond donors (Lipinski definition) is 1. The Hall–Kier alpha value is -1.44. The maximum Gasteiger partial charge on any atom is 0.117 e. The fraction of sp³-hybridized carbons (Fsp3) is 0.429. The highest BCUT2D eigenvalue weighted by Crippen LogP contribution is 2.28. The number of benzene rings is 1. The van der Waals surface area contributed by atoms with Crippen molar-refractivity contribution in [3.63, 3.8) is 0 Å². The SMILES string of the molecule is C=C(CC)N(CCC)c1cc(O)ccc1C. The quantitative estimate of drug-likeness (QED) is 0.813. The summed E-state index contributed by atoms with van der Waals surface area (Å²) in [5.74, 6) is 0.311. The van der Waals surface area contributed by atoms with E-state index in [1.807, 2.05) is 12.1 Å². The van der Waals surface area contributed by atoms with Gasteiger partial charge in [0, 0.05) is 24.0 Å². The molecule has 0 atom stereocenters. The first kappa shape index (κ1) is 12.6. The van der Waals surface area contributed by atoms with Crippen LogP contribution in [0.3, 0.4) is 0 Å². The van der Waals surface area contributed by atoms with Crippen molar-refractivity contribution < 1.29 is 5.11 Å². The highest BCUT2D eigenvalue weighted by atomic mass is 16.3. The third kappa shape index (κ3) is 2.78. The molecule has 1 rings (SSSR count). The molecule has 0 unspecified atom stereocenters. The number of phenols is 1. The predicted octanol–water partition coefficient (Wildman–Crippen LogP) is 3.84. The van der Waals surface area contributed by atoms with Gasteiger partial charge in [-0.2, -0.15) is 0 Å². The van der Waals surface area contributed by atoms with E-state index in [9.17, 15) is 5.11 Å². The van der Waals surface area contributed by atoms with E-state index in [1.54, 1.807) is 6.07 Å². The monoisotopic (exact) mass is 219 g/mol. The number of anilines is 1. The lowest BCUT2D eigenvalue weighted by atomic mass is 10.1. The van der Waals surface area contributed by atoms with E-state index in [2.05, 4.69) is 32.3 Å². The second kappa shape index (κ2) is 5.59. The van der Waals surface area contributed by atoms with Crippen LogP contribution in [0.4, 0.5) is 5.69 Å². The minimum absolute atomic E-state index is 0.311. The number of allylic oxidation sites excluding steroid dienone is 1. The van der Waals surface area contributed by atoms with E-state index in [4.69, 9.17) is 0 Å². The van der Waals surface area contributed by atoms with Crippen molar-refractivity contribution in [2.75, 3.05) is 11.4 Å². The van der Waals surface area contributed by atoms with Crippen LogP contribution in [0.1, 0.15) is 32.3 Å². The Morgan fingerprint density at radius 2 is 2.06 bits per heavy atom. The second-order valence-corrected chi connectivity index (χ2v) is 4.04. The number of phenolic OH excluding ortho intramolecular Hbond substituents is 1. The Morgan fingerprint density at radius 1 is 1.38 bits per heavy atom. The Labute approximate surface area is 98.2 Å². The molecular formula is C14H21NO. The highest BCUT2D eigenvalue weighted by Gasteiger charge is 2.11. The van der Waals surface area contributed by atoms with Crippen molar-refractivity contribution >= 4 is 5.69 Å². The Balaban J connectivity index is 3.09. The van der Waals surface area contributed by atoms with Gasteiger partial charge in [0.25, 0.3) is 0 Å². The van der Waals surface area contributed by atoms with Crippen LogP contribution in [0.5, 0.6) is 5.75 Å². The van der Waals surface area contributed by atoms with E-state index in [0.29, 0.717) is 5.75 Å². The maximum atomic E-state index is 9.55. The molecule has 0 amide bonds. The van der Waals surface area contributed by atoms with Gasteiger partial charge in [0.1, 0.15) is 5.75 Å². The van der Waals surface area contributed by atoms with Gasteiger partial charge in [-0.1, -0.05) is 26.5 Å². The molecular weight excluding hydrogens is 198 g/mol. The summed E-state index contributed by atoms with van der Waals surface area (Å²) in [7, 11) is 0. The zero-order chi connectivity index (χ0) is 12.1. The first-order valence-electron chi connectivity index (χ1n) is 5.85. The molecule has 88 valence electrons. The lowest BCUT2D eigenvalue weighted by Gasteiger charge is -2.27. The Morgan fingerprint density at radius 3 is 2.62 bits per heavy atom. The maximum absolute atomic E-state index is 9.55. The van der Waals surface area contributed by atoms with Crippen molar-refractivity contribution in [1.29, 1.82) is 0 Å². The number of hydrogen-bond acceptors (Lipinski definition) is 2. The summed E-state index contributed by atoms with van der Waals surface area (Å²) >= 11 is 0. The predicted molar refractivity (Wildman–Crippen MR) is 69.9 cm³/mol. The second-order valence-electron chi connectivity index (χ2n) is 4.04. The van der Waals surface area contributed by atoms with Crippen LogP contribution in [0, 0.1) is 6.92 Å². The molecule has 0 aliphatic carbocycles. The molecule has 1 N–H and O–H groups in total. The minimum Gasteiger partial charge on any atom is -0.508 e. The van der Waals surface area contributed by atoms with Gasteiger partial charge in [0.15, 0.2) is 0 Å². The van der Waals surface area contributed by atoms with Crippen molar-refractivity contribution in [3.8, 4) is 5.75 Å². The average molecular weight is 219 g/mol. The van der Waals surface area contributed by atoms with Gasteiger partial charge in [-0.25, -0.2) is 0 Å². The molecule has 0 fully saturated rings. The lowest BCUT2D eigenvalue weighted by molar-refractivity contribution is 0.475. The zero-order valence-corrected chi connectivity index (χ0v) is 10.5. The van der Waals surface area contributed by atoms with Crippen LogP contribution in [-0.2, 0) is 0 Å². The molecule has 0 aromatic heterocycles. The molecule has 0 radical (unpaired) electrons. The van der Waals surface area contributed by atoms with Gasteiger partial charge in [0.2, 0.25) is 0 Å². The van der Waals surface area contributed by atoms with Gasteiger partial charge < -0.3 is 10.0 Å². The molecule has 0 saturated carbocycles. The first-order valence-corrected chi connectivity index (χ1v) is 5.85. The van der Waals surface area contributed by atoms with Gasteiger partial charge >= 0.3 is 0 Å². The minimum atomic E-state index is 0.311. The molecule has 1 aromatic rings. The third-order valence-corrected chi connectivity index (χ3v) is 2.72. The third-order valence-electron chi connectivity index (χ3n) is 2.72. The van der Waals surface area contributed by atoms with Crippen LogP contribution in [0.25, 0.3) is 0 Å². The van der Waals surface area contributed by atoms with Crippen molar-refractivity contribution in [2.24, 2.45) is 0 Å². The Bertz CT molecular complexity index is 371. The number of nitrogens with zero attached hydrogens (tertiary/aromatic N) is 1. The molecule has 16 heavy (non-hydrogen) atoms. The molecule has 0 aliphatic heterocycles. The Kier molecular flexibility index (Phi) is 4.41. The summed E-state index contributed by atoms with van der Waals surface area (Å²) in [5, 5.41) is 9.55. The zero-order valence-electron chi connectivity index (χ0n) is 10.5. The van der Waals surface area contributed by atoms with Crippen LogP contribution in [0.2, 0.25) is 0 Å². The highest BCUT2D eigenvalue weighted by molar-refractivity contribution is 5.59. The fourth-order valence-electron chi connectivity index (χ4n) is 1.75. The molecule has 0 saturated heterocycles. The van der Waals surface area contributed by atoms with E-state index >= 15 is 0 Å². The molecule has 2 nitrogen and oxygen atoms in total. The van der Waals surface area contributed by atoms with Crippen LogP contribution in [-0.4, -0.2) is 11.7 Å². The molecule has 0 bridgehead atoms. The van der Waals surface area contributed by atoms with E-state index in [1.165, 1.54) is 5.56 Å².